The molecule has 79 heavy (non-hydrogen) atoms. The first-order valence-electron chi connectivity index (χ1n) is 29.9. The molecule has 2 heteroatoms. The first kappa shape index (κ1) is 54.6. The van der Waals surface area contributed by atoms with Crippen molar-refractivity contribution in [1.29, 1.82) is 0 Å². The van der Waals surface area contributed by atoms with Crippen LogP contribution in [0.5, 0.6) is 0 Å². The van der Waals surface area contributed by atoms with Gasteiger partial charge in [0.05, 0.1) is 0 Å². The molecule has 2 unspecified atom stereocenters. The summed E-state index contributed by atoms with van der Waals surface area (Å²) in [4.78, 5) is 2.48. The van der Waals surface area contributed by atoms with E-state index in [0.717, 1.165) is 37.1 Å². The van der Waals surface area contributed by atoms with Gasteiger partial charge >= 0.3 is 0 Å². The zero-order valence-corrected chi connectivity index (χ0v) is 51.1. The van der Waals surface area contributed by atoms with Gasteiger partial charge in [-0.2, -0.15) is 0 Å². The quantitative estimate of drug-likeness (QED) is 0.123. The monoisotopic (exact) mass is 1040 g/mol. The van der Waals surface area contributed by atoms with Crippen LogP contribution in [0.15, 0.2) is 164 Å². The smallest absolute Gasteiger partial charge is 0.242 e. The minimum absolute atomic E-state index is 0.0121. The Morgan fingerprint density at radius 1 is 0.481 bits per heavy atom. The lowest BCUT2D eigenvalue weighted by molar-refractivity contribution is 0.402. The maximum Gasteiger partial charge on any atom is 0.242 e. The summed E-state index contributed by atoms with van der Waals surface area (Å²) in [7, 11) is 0. The van der Waals surface area contributed by atoms with Crippen LogP contribution in [-0.4, -0.2) is 6.71 Å². The zero-order valence-electron chi connectivity index (χ0n) is 51.1. The van der Waals surface area contributed by atoms with Gasteiger partial charge in [-0.25, -0.2) is 0 Å². The summed E-state index contributed by atoms with van der Waals surface area (Å²) in [6.07, 6.45) is 4.26. The molecule has 0 fully saturated rings. The molecule has 404 valence electrons. The van der Waals surface area contributed by atoms with E-state index >= 15 is 0 Å². The number of anilines is 3. The lowest BCUT2D eigenvalue weighted by Gasteiger charge is -2.39. The van der Waals surface area contributed by atoms with Gasteiger partial charge in [-0.05, 0) is 186 Å². The Kier molecular flexibility index (Phi) is 13.4. The first-order valence-corrected chi connectivity index (χ1v) is 29.9. The van der Waals surface area contributed by atoms with Crippen LogP contribution in [-0.2, 0) is 38.9 Å². The van der Waals surface area contributed by atoms with E-state index in [4.69, 9.17) is 0 Å². The van der Waals surface area contributed by atoms with E-state index in [-0.39, 0.29) is 51.0 Å². The second-order valence-corrected chi connectivity index (χ2v) is 29.3. The molecule has 0 radical (unpaired) electrons. The number of rotatable bonds is 10. The Morgan fingerprint density at radius 2 is 1.01 bits per heavy atom. The minimum Gasteiger partial charge on any atom is -0.311 e. The fourth-order valence-corrected chi connectivity index (χ4v) is 15.7. The molecular formula is C77H88BN. The van der Waals surface area contributed by atoms with Crippen LogP contribution in [0, 0.1) is 13.8 Å². The highest BCUT2D eigenvalue weighted by molar-refractivity contribution is 6.97. The van der Waals surface area contributed by atoms with E-state index in [1.54, 1.807) is 0 Å². The SMILES string of the molecule is Cc1cc2c(cc1C(C)c1ccc(N(c3ccccc3)c3ccccc3)cc1B1c3cc4c(cc3C(CCc3ccc(C(C)(C)C)cc3-c3ccccc3)c3cc(C(C)(C)C)cc(C)c31)C(C)(C)CC4(C)C)C(C)(C)CC2(C)C. The van der Waals surface area contributed by atoms with Gasteiger partial charge in [0.15, 0.2) is 0 Å². The number of hydrogen-bond donors (Lipinski definition) is 0. The molecule has 0 bridgehead atoms. The standard InChI is InChI=1S/C77H88BN/c1-49-40-65-66(75(12,13)47-74(65,10)11)44-61(49)51(3)59-38-36-58(79(56-29-23-19-24-30-56)57-31-25-20-26-32-57)43-69(59)78-70-46-68-67(76(14,15)48-77(68,16)17)45-63(70)60(64-42-55(73(7,8)9)39-50(2)71(64)78)37-34-53-33-35-54(72(4,5)6)41-62(53)52-27-21-18-22-28-52/h18-33,35-36,38-46,51,60H,34,37,47-48H2,1-17H3. The number of fused-ring (bicyclic) bond motifs is 4. The van der Waals surface area contributed by atoms with Crippen LogP contribution in [0.3, 0.4) is 0 Å². The average molecular weight is 1040 g/mol. The largest absolute Gasteiger partial charge is 0.311 e. The predicted octanol–water partition coefficient (Wildman–Crippen LogP) is 18.7. The minimum atomic E-state index is -0.0355. The van der Waals surface area contributed by atoms with Crippen LogP contribution >= 0.6 is 0 Å². The van der Waals surface area contributed by atoms with Gasteiger partial charge in [-0.3, -0.25) is 0 Å². The van der Waals surface area contributed by atoms with Crippen molar-refractivity contribution in [3.05, 3.63) is 236 Å². The third-order valence-corrected chi connectivity index (χ3v) is 19.3. The lowest BCUT2D eigenvalue weighted by Crippen LogP contribution is -2.60. The van der Waals surface area contributed by atoms with Crippen LogP contribution in [0.2, 0.25) is 0 Å². The molecule has 0 amide bonds. The second kappa shape index (κ2) is 19.4. The van der Waals surface area contributed by atoms with Gasteiger partial charge < -0.3 is 4.90 Å². The number of para-hydroxylation sites is 2. The van der Waals surface area contributed by atoms with E-state index in [1.807, 2.05) is 0 Å². The van der Waals surface area contributed by atoms with Crippen molar-refractivity contribution in [1.82, 2.24) is 0 Å². The summed E-state index contributed by atoms with van der Waals surface area (Å²) in [5.41, 5.74) is 29.8. The molecular weight excluding hydrogens is 950 g/mol. The molecule has 0 saturated carbocycles. The maximum atomic E-state index is 2.75. The van der Waals surface area contributed by atoms with E-state index in [2.05, 4.69) is 286 Å². The van der Waals surface area contributed by atoms with Crippen LogP contribution < -0.4 is 21.3 Å². The molecule has 3 aliphatic rings. The predicted molar refractivity (Wildman–Crippen MR) is 343 cm³/mol. The Labute approximate surface area is 477 Å². The van der Waals surface area contributed by atoms with Gasteiger partial charge in [0.25, 0.3) is 0 Å². The molecule has 0 saturated heterocycles. The van der Waals surface area contributed by atoms with Gasteiger partial charge in [-0.15, -0.1) is 0 Å². The Balaban J connectivity index is 1.20. The summed E-state index contributed by atoms with van der Waals surface area (Å²) < 4.78 is 0. The van der Waals surface area contributed by atoms with Crippen molar-refractivity contribution in [3.8, 4) is 11.1 Å². The molecule has 1 heterocycles. The Bertz CT molecular complexity index is 3570. The molecule has 8 aromatic carbocycles. The maximum absolute atomic E-state index is 2.75. The Hall–Kier alpha value is -6.38. The highest BCUT2D eigenvalue weighted by Crippen LogP contribution is 2.53. The molecule has 2 aliphatic carbocycles. The van der Waals surface area contributed by atoms with Crippen LogP contribution in [0.25, 0.3) is 11.1 Å². The van der Waals surface area contributed by atoms with Crippen molar-refractivity contribution in [3.63, 3.8) is 0 Å². The first-order chi connectivity index (χ1) is 37.1. The molecule has 1 nitrogen and oxygen atoms in total. The molecule has 0 aromatic heterocycles. The molecule has 8 aromatic rings. The molecule has 2 atom stereocenters. The van der Waals surface area contributed by atoms with Crippen LogP contribution in [0.1, 0.15) is 207 Å². The lowest BCUT2D eigenvalue weighted by atomic mass is 9.31. The van der Waals surface area contributed by atoms with Gasteiger partial charge in [0.1, 0.15) is 0 Å². The van der Waals surface area contributed by atoms with E-state index < -0.39 is 0 Å². The summed E-state index contributed by atoms with van der Waals surface area (Å²) in [6, 6.07) is 64.1. The number of hydrogen-bond acceptors (Lipinski definition) is 1. The average Bonchev–Trinajstić information content (AvgIpc) is 3.18. The Morgan fingerprint density at radius 3 is 1.58 bits per heavy atom. The fourth-order valence-electron chi connectivity index (χ4n) is 15.7. The summed E-state index contributed by atoms with van der Waals surface area (Å²) in [5, 5.41) is 0. The highest BCUT2D eigenvalue weighted by atomic mass is 15.1. The van der Waals surface area contributed by atoms with Gasteiger partial charge in [-0.1, -0.05) is 253 Å². The number of benzene rings is 8. The van der Waals surface area contributed by atoms with E-state index in [9.17, 15) is 0 Å². The molecule has 11 rings (SSSR count). The van der Waals surface area contributed by atoms with Crippen molar-refractivity contribution >= 4 is 40.2 Å². The normalized spacial score (nSPS) is 17.9. The second-order valence-electron chi connectivity index (χ2n) is 29.3. The van der Waals surface area contributed by atoms with Crippen molar-refractivity contribution in [2.24, 2.45) is 0 Å². The zero-order chi connectivity index (χ0) is 56.4. The van der Waals surface area contributed by atoms with Crippen molar-refractivity contribution in [2.45, 2.75) is 188 Å². The summed E-state index contributed by atoms with van der Waals surface area (Å²) in [6.45, 7) is 41.5. The molecule has 0 N–H and O–H groups in total. The summed E-state index contributed by atoms with van der Waals surface area (Å²) >= 11 is 0. The van der Waals surface area contributed by atoms with Gasteiger partial charge in [0, 0.05) is 28.9 Å². The number of aryl methyl sites for hydroxylation is 3. The van der Waals surface area contributed by atoms with Crippen molar-refractivity contribution < 1.29 is 0 Å². The third-order valence-electron chi connectivity index (χ3n) is 19.3. The molecule has 1 aliphatic heterocycles. The molecule has 0 spiro atoms. The third kappa shape index (κ3) is 9.76. The van der Waals surface area contributed by atoms with E-state index in [1.165, 1.54) is 106 Å². The topological polar surface area (TPSA) is 3.24 Å². The summed E-state index contributed by atoms with van der Waals surface area (Å²) in [5.74, 6) is 0.323. The highest BCUT2D eigenvalue weighted by Gasteiger charge is 2.47. The fraction of sp³-hybridized carbons (Fsp3) is 0.377. The van der Waals surface area contributed by atoms with Gasteiger partial charge in [0.2, 0.25) is 6.71 Å². The number of nitrogens with zero attached hydrogens (tertiary/aromatic N) is 1. The van der Waals surface area contributed by atoms with Crippen LogP contribution in [0.4, 0.5) is 17.1 Å². The van der Waals surface area contributed by atoms with Crippen molar-refractivity contribution in [2.75, 3.05) is 4.90 Å². The van der Waals surface area contributed by atoms with E-state index in [0.29, 0.717) is 0 Å².